The molecular weight excluding hydrogens is 408 g/mol. The lowest BCUT2D eigenvalue weighted by Crippen LogP contribution is -2.40. The number of rotatable bonds is 8. The van der Waals surface area contributed by atoms with E-state index in [9.17, 15) is 13.2 Å². The van der Waals surface area contributed by atoms with E-state index in [1.165, 1.54) is 18.5 Å². The van der Waals surface area contributed by atoms with E-state index in [1.807, 2.05) is 0 Å². The fraction of sp³-hybridized carbons (Fsp3) is 0.381. The molecule has 1 N–H and O–H groups in total. The van der Waals surface area contributed by atoms with Crippen LogP contribution in [0.25, 0.3) is 0 Å². The summed E-state index contributed by atoms with van der Waals surface area (Å²) in [5, 5.41) is 2.86. The summed E-state index contributed by atoms with van der Waals surface area (Å²) in [7, 11) is -0.448. The second-order valence-electron chi connectivity index (χ2n) is 6.77. The molecule has 0 aromatic heterocycles. The van der Waals surface area contributed by atoms with Crippen LogP contribution in [0.1, 0.15) is 15.9 Å². The third-order valence-corrected chi connectivity index (χ3v) is 6.76. The Morgan fingerprint density at radius 2 is 1.63 bits per heavy atom. The highest BCUT2D eigenvalue weighted by molar-refractivity contribution is 7.89. The summed E-state index contributed by atoms with van der Waals surface area (Å²) in [6, 6.07) is 11.7. The maximum Gasteiger partial charge on any atom is 0.251 e. The van der Waals surface area contributed by atoms with Gasteiger partial charge in [-0.3, -0.25) is 4.79 Å². The summed E-state index contributed by atoms with van der Waals surface area (Å²) in [6.07, 6.45) is 0.574. The lowest BCUT2D eigenvalue weighted by Gasteiger charge is -2.26. The molecule has 3 rings (SSSR count). The van der Waals surface area contributed by atoms with Crippen LogP contribution in [0.15, 0.2) is 47.4 Å². The van der Waals surface area contributed by atoms with Gasteiger partial charge in [0.1, 0.15) is 11.5 Å². The maximum absolute atomic E-state index is 12.7. The second-order valence-corrected chi connectivity index (χ2v) is 8.71. The molecule has 0 saturated carbocycles. The van der Waals surface area contributed by atoms with Gasteiger partial charge in [0.25, 0.3) is 5.91 Å². The highest BCUT2D eigenvalue weighted by Crippen LogP contribution is 2.22. The van der Waals surface area contributed by atoms with E-state index in [0.717, 1.165) is 5.56 Å². The quantitative estimate of drug-likeness (QED) is 0.680. The Hall–Kier alpha value is -2.62. The van der Waals surface area contributed by atoms with Crippen LogP contribution in [0.5, 0.6) is 11.5 Å². The SMILES string of the molecule is COc1cc(OC)cc(C(=O)NCCc2ccc(S(=O)(=O)N3CCOCC3)cc2)c1. The minimum atomic E-state index is -3.50. The highest BCUT2D eigenvalue weighted by atomic mass is 32.2. The van der Waals surface area contributed by atoms with E-state index in [4.69, 9.17) is 14.2 Å². The Balaban J connectivity index is 1.57. The van der Waals surface area contributed by atoms with Gasteiger partial charge >= 0.3 is 0 Å². The van der Waals surface area contributed by atoms with Crippen molar-refractivity contribution in [1.82, 2.24) is 9.62 Å². The van der Waals surface area contributed by atoms with Crippen molar-refractivity contribution in [2.75, 3.05) is 47.1 Å². The zero-order chi connectivity index (χ0) is 21.6. The number of carbonyl (C=O) groups is 1. The lowest BCUT2D eigenvalue weighted by molar-refractivity contribution is 0.0730. The highest BCUT2D eigenvalue weighted by Gasteiger charge is 2.26. The zero-order valence-corrected chi connectivity index (χ0v) is 17.9. The molecule has 2 aromatic carbocycles. The van der Waals surface area contributed by atoms with Crippen LogP contribution in [-0.4, -0.2) is 65.7 Å². The molecule has 8 nitrogen and oxygen atoms in total. The van der Waals surface area contributed by atoms with E-state index in [1.54, 1.807) is 42.5 Å². The van der Waals surface area contributed by atoms with Gasteiger partial charge in [-0.25, -0.2) is 8.42 Å². The van der Waals surface area contributed by atoms with Crippen LogP contribution in [0.4, 0.5) is 0 Å². The molecule has 30 heavy (non-hydrogen) atoms. The number of benzene rings is 2. The molecule has 2 aromatic rings. The molecule has 0 atom stereocenters. The fourth-order valence-electron chi connectivity index (χ4n) is 3.13. The molecule has 1 heterocycles. The van der Waals surface area contributed by atoms with Gasteiger partial charge in [0.05, 0.1) is 32.3 Å². The average Bonchev–Trinajstić information content (AvgIpc) is 2.79. The average molecular weight is 435 g/mol. The Labute approximate surface area is 176 Å². The van der Waals surface area contributed by atoms with Crippen molar-refractivity contribution in [3.8, 4) is 11.5 Å². The topological polar surface area (TPSA) is 94.2 Å². The van der Waals surface area contributed by atoms with Gasteiger partial charge in [-0.05, 0) is 36.2 Å². The molecular formula is C21H26N2O6S. The van der Waals surface area contributed by atoms with Crippen molar-refractivity contribution in [3.05, 3.63) is 53.6 Å². The summed E-state index contributed by atoms with van der Waals surface area (Å²) in [6.45, 7) is 1.97. The number of carbonyl (C=O) groups excluding carboxylic acids is 1. The summed E-state index contributed by atoms with van der Waals surface area (Å²) in [5.74, 6) is 0.840. The van der Waals surface area contributed by atoms with Crippen LogP contribution >= 0.6 is 0 Å². The molecule has 0 radical (unpaired) electrons. The van der Waals surface area contributed by atoms with Gasteiger partial charge in [0, 0.05) is 31.3 Å². The van der Waals surface area contributed by atoms with E-state index in [2.05, 4.69) is 5.32 Å². The summed E-state index contributed by atoms with van der Waals surface area (Å²) < 4.78 is 42.3. The van der Waals surface area contributed by atoms with Crippen molar-refractivity contribution in [1.29, 1.82) is 0 Å². The van der Waals surface area contributed by atoms with Crippen molar-refractivity contribution < 1.29 is 27.4 Å². The summed E-state index contributed by atoms with van der Waals surface area (Å²) in [5.41, 5.74) is 1.37. The molecule has 0 unspecified atom stereocenters. The second kappa shape index (κ2) is 9.92. The number of nitrogens with zero attached hydrogens (tertiary/aromatic N) is 1. The van der Waals surface area contributed by atoms with Gasteiger partial charge in [-0.15, -0.1) is 0 Å². The predicted molar refractivity (Wildman–Crippen MR) is 112 cm³/mol. The molecule has 9 heteroatoms. The third-order valence-electron chi connectivity index (χ3n) is 4.84. The first kappa shape index (κ1) is 22.1. The molecule has 0 spiro atoms. The maximum atomic E-state index is 12.7. The molecule has 1 fully saturated rings. The molecule has 0 bridgehead atoms. The smallest absolute Gasteiger partial charge is 0.251 e. The van der Waals surface area contributed by atoms with E-state index in [0.29, 0.717) is 56.3 Å². The standard InChI is InChI=1S/C21H26N2O6S/c1-27-18-13-17(14-19(15-18)28-2)21(24)22-8-7-16-3-5-20(6-4-16)30(25,26)23-9-11-29-12-10-23/h3-6,13-15H,7-12H2,1-2H3,(H,22,24). The number of sulfonamides is 1. The van der Waals surface area contributed by atoms with Crippen molar-refractivity contribution in [2.24, 2.45) is 0 Å². The van der Waals surface area contributed by atoms with E-state index in [-0.39, 0.29) is 10.8 Å². The molecule has 1 aliphatic heterocycles. The van der Waals surface area contributed by atoms with Gasteiger partial charge < -0.3 is 19.5 Å². The number of morpholine rings is 1. The number of hydrogen-bond acceptors (Lipinski definition) is 6. The molecule has 1 aliphatic rings. The summed E-state index contributed by atoms with van der Waals surface area (Å²) >= 11 is 0. The number of ether oxygens (including phenoxy) is 3. The minimum Gasteiger partial charge on any atom is -0.497 e. The first-order valence-corrected chi connectivity index (χ1v) is 11.1. The van der Waals surface area contributed by atoms with Crippen LogP contribution in [-0.2, 0) is 21.2 Å². The van der Waals surface area contributed by atoms with Crippen LogP contribution < -0.4 is 14.8 Å². The first-order valence-electron chi connectivity index (χ1n) is 9.62. The normalized spacial score (nSPS) is 14.9. The monoisotopic (exact) mass is 434 g/mol. The Bertz CT molecular complexity index is 947. The van der Waals surface area contributed by atoms with Gasteiger partial charge in [-0.2, -0.15) is 4.31 Å². The first-order chi connectivity index (χ1) is 14.4. The fourth-order valence-corrected chi connectivity index (χ4v) is 4.53. The minimum absolute atomic E-state index is 0.237. The zero-order valence-electron chi connectivity index (χ0n) is 17.1. The largest absolute Gasteiger partial charge is 0.497 e. The molecule has 0 aliphatic carbocycles. The molecule has 1 saturated heterocycles. The van der Waals surface area contributed by atoms with Crippen molar-refractivity contribution in [2.45, 2.75) is 11.3 Å². The predicted octanol–water partition coefficient (Wildman–Crippen LogP) is 1.70. The Morgan fingerprint density at radius 3 is 2.20 bits per heavy atom. The number of methoxy groups -OCH3 is 2. The van der Waals surface area contributed by atoms with Gasteiger partial charge in [0.2, 0.25) is 10.0 Å². The lowest BCUT2D eigenvalue weighted by atomic mass is 10.1. The van der Waals surface area contributed by atoms with E-state index >= 15 is 0 Å². The van der Waals surface area contributed by atoms with Crippen LogP contribution in [0.3, 0.4) is 0 Å². The van der Waals surface area contributed by atoms with Crippen molar-refractivity contribution in [3.63, 3.8) is 0 Å². The third kappa shape index (κ3) is 5.29. The van der Waals surface area contributed by atoms with Crippen LogP contribution in [0.2, 0.25) is 0 Å². The number of amides is 1. The number of hydrogen-bond donors (Lipinski definition) is 1. The Morgan fingerprint density at radius 1 is 1.03 bits per heavy atom. The van der Waals surface area contributed by atoms with Crippen LogP contribution in [0, 0.1) is 0 Å². The Kier molecular flexibility index (Phi) is 7.30. The number of nitrogens with one attached hydrogen (secondary N) is 1. The van der Waals surface area contributed by atoms with E-state index < -0.39 is 10.0 Å². The van der Waals surface area contributed by atoms with Gasteiger partial charge in [0.15, 0.2) is 0 Å². The summed E-state index contributed by atoms with van der Waals surface area (Å²) in [4.78, 5) is 12.7. The molecule has 1 amide bonds. The van der Waals surface area contributed by atoms with Crippen molar-refractivity contribution >= 4 is 15.9 Å². The molecule has 162 valence electrons. The van der Waals surface area contributed by atoms with Gasteiger partial charge in [-0.1, -0.05) is 12.1 Å².